The molecule has 1 saturated carbocycles. The number of benzene rings is 2. The molecular weight excluding hydrogens is 738 g/mol. The molecule has 0 aliphatic heterocycles. The van der Waals surface area contributed by atoms with Crippen molar-refractivity contribution in [2.75, 3.05) is 0 Å². The lowest BCUT2D eigenvalue weighted by molar-refractivity contribution is 0.0967. The Morgan fingerprint density at radius 1 is 0.983 bits per heavy atom. The predicted molar refractivity (Wildman–Crippen MR) is 245 cm³/mol. The molecule has 0 saturated heterocycles. The third-order valence-corrected chi connectivity index (χ3v) is 11.0. The smallest absolute Gasteiger partial charge is 0.213 e. The minimum atomic E-state index is -0.433. The van der Waals surface area contributed by atoms with Crippen LogP contribution in [0.5, 0.6) is 5.88 Å². The van der Waals surface area contributed by atoms with E-state index >= 15 is 0 Å². The summed E-state index contributed by atoms with van der Waals surface area (Å²) in [6, 6.07) is 18.1. The van der Waals surface area contributed by atoms with Crippen LogP contribution in [0.3, 0.4) is 0 Å². The largest absolute Gasteiger partial charge is 0.473 e. The Labute approximate surface area is 356 Å². The first-order valence-electron chi connectivity index (χ1n) is 21.8. The van der Waals surface area contributed by atoms with E-state index in [1.54, 1.807) is 29.5 Å². The van der Waals surface area contributed by atoms with Gasteiger partial charge in [0.1, 0.15) is 12.4 Å². The molecule has 1 aliphatic rings. The number of unbranched alkanes of at least 4 members (excludes halogenated alkanes) is 1. The molecule has 2 atom stereocenters. The van der Waals surface area contributed by atoms with Crippen molar-refractivity contribution in [3.8, 4) is 11.9 Å². The molecule has 2 aromatic heterocycles. The molecular formula is C51H74FN3O2S. The number of hydrogen-bond donors (Lipinski definition) is 0. The highest BCUT2D eigenvalue weighted by Gasteiger charge is 2.30. The van der Waals surface area contributed by atoms with Gasteiger partial charge in [-0.1, -0.05) is 117 Å². The van der Waals surface area contributed by atoms with E-state index in [-0.39, 0.29) is 6.61 Å². The van der Waals surface area contributed by atoms with Crippen molar-refractivity contribution >= 4 is 17.1 Å². The molecule has 0 amide bonds. The first-order chi connectivity index (χ1) is 27.9. The SMILES string of the molecule is CC.CC/C=C(\C)CCC.CCCC(c1cccc(OCc2ccc(C#N)cc2F)n1)[C@@H](C)C(C)C.CCCCc1cncs1.Cc1ccc(C(=O)C2CC2)cc1C. The molecule has 1 fully saturated rings. The maximum Gasteiger partial charge on any atom is 0.213 e. The maximum absolute atomic E-state index is 14.0. The third kappa shape index (κ3) is 20.0. The van der Waals surface area contributed by atoms with Crippen molar-refractivity contribution < 1.29 is 13.9 Å². The van der Waals surface area contributed by atoms with Crippen LogP contribution in [-0.4, -0.2) is 15.8 Å². The molecule has 4 aromatic rings. The fraction of sp³-hybridized carbons (Fsp3) is 0.529. The van der Waals surface area contributed by atoms with E-state index in [2.05, 4.69) is 85.3 Å². The number of rotatable bonds is 16. The van der Waals surface area contributed by atoms with Crippen molar-refractivity contribution in [3.05, 3.63) is 122 Å². The molecule has 0 N–H and O–H groups in total. The van der Waals surface area contributed by atoms with E-state index in [0.717, 1.165) is 36.9 Å². The van der Waals surface area contributed by atoms with E-state index in [1.807, 2.05) is 62.0 Å². The number of hydrogen-bond acceptors (Lipinski definition) is 6. The number of aromatic nitrogens is 2. The molecule has 318 valence electrons. The van der Waals surface area contributed by atoms with Crippen LogP contribution in [0.25, 0.3) is 0 Å². The molecule has 7 heteroatoms. The maximum atomic E-state index is 14.0. The van der Waals surface area contributed by atoms with E-state index in [0.29, 0.717) is 46.5 Å². The fourth-order valence-corrected chi connectivity index (χ4v) is 6.74. The number of carbonyl (C=O) groups excluding carboxylic acids is 1. The summed E-state index contributed by atoms with van der Waals surface area (Å²) in [6.07, 6.45) is 16.1. The lowest BCUT2D eigenvalue weighted by atomic mass is 9.80. The first kappa shape index (κ1) is 51.9. The summed E-state index contributed by atoms with van der Waals surface area (Å²) in [4.78, 5) is 21.8. The minimum absolute atomic E-state index is 0.0895. The van der Waals surface area contributed by atoms with E-state index in [1.165, 1.54) is 66.2 Å². The minimum Gasteiger partial charge on any atom is -0.473 e. The van der Waals surface area contributed by atoms with Gasteiger partial charge in [0.2, 0.25) is 5.88 Å². The Hall–Kier alpha value is -4.15. The zero-order valence-electron chi connectivity index (χ0n) is 38.0. The fourth-order valence-electron chi connectivity index (χ4n) is 6.10. The highest BCUT2D eigenvalue weighted by atomic mass is 32.1. The van der Waals surface area contributed by atoms with Crippen molar-refractivity contribution in [2.45, 2.75) is 160 Å². The lowest BCUT2D eigenvalue weighted by Gasteiger charge is -2.26. The zero-order valence-corrected chi connectivity index (χ0v) is 38.8. The Balaban J connectivity index is 0.000000434. The number of allylic oxidation sites excluding steroid dienone is 2. The monoisotopic (exact) mass is 812 g/mol. The quantitative estimate of drug-likeness (QED) is 0.0832. The summed E-state index contributed by atoms with van der Waals surface area (Å²) >= 11 is 1.75. The van der Waals surface area contributed by atoms with Crippen LogP contribution in [0, 0.1) is 48.7 Å². The molecule has 0 bridgehead atoms. The Morgan fingerprint density at radius 3 is 2.24 bits per heavy atom. The zero-order chi connectivity index (χ0) is 43.5. The number of nitrogens with zero attached hydrogens (tertiary/aromatic N) is 3. The van der Waals surface area contributed by atoms with Gasteiger partial charge in [-0.3, -0.25) is 9.78 Å². The van der Waals surface area contributed by atoms with Crippen molar-refractivity contribution in [3.63, 3.8) is 0 Å². The van der Waals surface area contributed by atoms with Crippen LogP contribution >= 0.6 is 11.3 Å². The third-order valence-electron chi connectivity index (χ3n) is 10.2. The van der Waals surface area contributed by atoms with Crippen molar-refractivity contribution in [2.24, 2.45) is 17.8 Å². The number of ketones is 1. The summed E-state index contributed by atoms with van der Waals surface area (Å²) in [7, 11) is 0. The average Bonchev–Trinajstić information content (AvgIpc) is 3.95. The van der Waals surface area contributed by atoms with Gasteiger partial charge in [-0.25, -0.2) is 9.37 Å². The number of thiazole rings is 1. The molecule has 0 radical (unpaired) electrons. The van der Waals surface area contributed by atoms with Gasteiger partial charge in [0.25, 0.3) is 0 Å². The van der Waals surface area contributed by atoms with Crippen molar-refractivity contribution in [1.29, 1.82) is 5.26 Å². The van der Waals surface area contributed by atoms with E-state index < -0.39 is 5.82 Å². The van der Waals surface area contributed by atoms with Crippen LogP contribution in [0.4, 0.5) is 4.39 Å². The summed E-state index contributed by atoms with van der Waals surface area (Å²) in [5, 5.41) is 8.81. The molecule has 5 nitrogen and oxygen atoms in total. The van der Waals surface area contributed by atoms with E-state index in [9.17, 15) is 9.18 Å². The molecule has 1 aliphatic carbocycles. The molecule has 2 heterocycles. The predicted octanol–water partition coefficient (Wildman–Crippen LogP) is 15.4. The number of nitriles is 1. The lowest BCUT2D eigenvalue weighted by Crippen LogP contribution is -2.17. The van der Waals surface area contributed by atoms with Gasteiger partial charge in [-0.15, -0.1) is 11.3 Å². The van der Waals surface area contributed by atoms with Gasteiger partial charge in [-0.05, 0) is 113 Å². The van der Waals surface area contributed by atoms with Crippen LogP contribution in [0.15, 0.2) is 78.0 Å². The topological polar surface area (TPSA) is 75.9 Å². The number of carbonyl (C=O) groups is 1. The number of halogens is 1. The Morgan fingerprint density at radius 2 is 1.71 bits per heavy atom. The Bertz CT molecular complexity index is 1790. The average molecular weight is 812 g/mol. The second-order valence-electron chi connectivity index (χ2n) is 15.3. The van der Waals surface area contributed by atoms with E-state index in [4.69, 9.17) is 10.00 Å². The Kier molecular flexibility index (Phi) is 26.8. The van der Waals surface area contributed by atoms with Gasteiger partial charge in [0.05, 0.1) is 17.1 Å². The van der Waals surface area contributed by atoms with Gasteiger partial charge >= 0.3 is 0 Å². The van der Waals surface area contributed by atoms with Crippen LogP contribution in [-0.2, 0) is 13.0 Å². The molecule has 1 unspecified atom stereocenters. The first-order valence-corrected chi connectivity index (χ1v) is 22.7. The number of aryl methyl sites for hydroxylation is 3. The molecule has 2 aromatic carbocycles. The molecule has 5 rings (SSSR count). The highest BCUT2D eigenvalue weighted by Crippen LogP contribution is 2.34. The van der Waals surface area contributed by atoms with Crippen LogP contribution < -0.4 is 4.74 Å². The molecule has 58 heavy (non-hydrogen) atoms. The molecule has 0 spiro atoms. The second-order valence-corrected chi connectivity index (χ2v) is 16.3. The van der Waals surface area contributed by atoms with Gasteiger partial charge in [-0.2, -0.15) is 5.26 Å². The summed E-state index contributed by atoms with van der Waals surface area (Å²) in [6.45, 7) is 26.0. The van der Waals surface area contributed by atoms with Crippen LogP contribution in [0.2, 0.25) is 0 Å². The van der Waals surface area contributed by atoms with Gasteiger partial charge in [0.15, 0.2) is 5.78 Å². The van der Waals surface area contributed by atoms with Crippen molar-refractivity contribution in [1.82, 2.24) is 9.97 Å². The number of ether oxygens (including phenoxy) is 1. The standard InChI is InChI=1S/C22H27FN2O.C12H14O.C8H16.C7H11NS.C2H6/c1-5-7-19(16(4)15(2)3)21-8-6-9-22(25-21)26-14-18-11-10-17(13-24)12-20(18)23;1-8-3-4-11(7-9(8)2)12(13)10-5-6-10;1-4-6-8(3)7-5-2;1-2-3-4-7-5-8-6-9-7;1-2/h6,8-12,15-16,19H,5,7,14H2,1-4H3;3-4,7,10H,5-6H2,1-2H3;6H,4-5,7H2,1-3H3;5-6H,2-4H2,1H3;1-2H3/b;;8-6+;;/t16-,19?;;;;/m0..../s1. The summed E-state index contributed by atoms with van der Waals surface area (Å²) < 4.78 is 19.7. The highest BCUT2D eigenvalue weighted by molar-refractivity contribution is 7.09. The second kappa shape index (κ2) is 30.0. The van der Waals surface area contributed by atoms with Crippen LogP contribution in [0.1, 0.15) is 176 Å². The van der Waals surface area contributed by atoms with Gasteiger partial charge < -0.3 is 4.74 Å². The number of Topliss-reactive ketones (excluding diaryl/α,β-unsaturated/α-hetero) is 1. The van der Waals surface area contributed by atoms with Gasteiger partial charge in [0, 0.05) is 45.8 Å². The summed E-state index contributed by atoms with van der Waals surface area (Å²) in [5.41, 5.74) is 8.55. The number of pyridine rings is 1. The summed E-state index contributed by atoms with van der Waals surface area (Å²) in [5.74, 6) is 2.22. The normalized spacial score (nSPS) is 12.8.